The normalized spacial score (nSPS) is 12.1. The van der Waals surface area contributed by atoms with Gasteiger partial charge in [0, 0.05) is 5.92 Å². The molecule has 0 aromatic heterocycles. The molecule has 0 bridgehead atoms. The summed E-state index contributed by atoms with van der Waals surface area (Å²) in [5.74, 6) is 0.0735. The molecule has 3 nitrogen and oxygen atoms in total. The van der Waals surface area contributed by atoms with Crippen LogP contribution in [0.4, 0.5) is 11.4 Å². The lowest BCUT2D eigenvalue weighted by molar-refractivity contribution is -0.119. The number of hydrogen-bond acceptors (Lipinski definition) is 2. The Morgan fingerprint density at radius 3 is 2.73 bits per heavy atom. The molecule has 1 amide bonds. The standard InChI is InChI=1S/C12H18N2O/c1-3-6-9(2)12(15)14-11-8-5-4-7-10(11)13/h4-5,7-9H,3,6,13H2,1-2H3,(H,14,15)/t9-/m0/s1. The molecule has 0 aliphatic carbocycles. The highest BCUT2D eigenvalue weighted by Gasteiger charge is 2.12. The average molecular weight is 206 g/mol. The second-order valence-corrected chi connectivity index (χ2v) is 3.77. The number of anilines is 2. The van der Waals surface area contributed by atoms with Gasteiger partial charge in [-0.2, -0.15) is 0 Å². The van der Waals surface area contributed by atoms with E-state index in [-0.39, 0.29) is 11.8 Å². The number of amides is 1. The number of para-hydroxylation sites is 2. The van der Waals surface area contributed by atoms with Crippen LogP contribution < -0.4 is 11.1 Å². The van der Waals surface area contributed by atoms with Crippen molar-refractivity contribution in [2.45, 2.75) is 26.7 Å². The van der Waals surface area contributed by atoms with Gasteiger partial charge in [-0.3, -0.25) is 4.79 Å². The first-order valence-corrected chi connectivity index (χ1v) is 5.30. The van der Waals surface area contributed by atoms with Gasteiger partial charge in [-0.1, -0.05) is 32.4 Å². The summed E-state index contributed by atoms with van der Waals surface area (Å²) in [6.45, 7) is 4.00. The Labute approximate surface area is 90.7 Å². The van der Waals surface area contributed by atoms with Crippen LogP contribution in [-0.2, 0) is 4.79 Å². The molecule has 82 valence electrons. The minimum absolute atomic E-state index is 0.0367. The maximum absolute atomic E-state index is 11.7. The third-order valence-electron chi connectivity index (χ3n) is 2.39. The molecule has 1 aromatic rings. The molecule has 0 aliphatic rings. The molecule has 3 heteroatoms. The van der Waals surface area contributed by atoms with E-state index >= 15 is 0 Å². The van der Waals surface area contributed by atoms with Crippen LogP contribution in [0.15, 0.2) is 24.3 Å². The lowest BCUT2D eigenvalue weighted by atomic mass is 10.1. The van der Waals surface area contributed by atoms with Crippen molar-refractivity contribution in [1.82, 2.24) is 0 Å². The van der Waals surface area contributed by atoms with Gasteiger partial charge >= 0.3 is 0 Å². The Balaban J connectivity index is 2.62. The lowest BCUT2D eigenvalue weighted by Crippen LogP contribution is -2.20. The molecule has 3 N–H and O–H groups in total. The topological polar surface area (TPSA) is 55.1 Å². The van der Waals surface area contributed by atoms with E-state index in [9.17, 15) is 4.79 Å². The fourth-order valence-corrected chi connectivity index (χ4v) is 1.43. The van der Waals surface area contributed by atoms with Crippen molar-refractivity contribution in [3.63, 3.8) is 0 Å². The molecule has 0 unspecified atom stereocenters. The summed E-state index contributed by atoms with van der Waals surface area (Å²) in [6.07, 6.45) is 1.91. The maximum atomic E-state index is 11.7. The minimum Gasteiger partial charge on any atom is -0.397 e. The third kappa shape index (κ3) is 3.27. The molecule has 0 saturated heterocycles. The van der Waals surface area contributed by atoms with E-state index in [4.69, 9.17) is 5.73 Å². The Morgan fingerprint density at radius 1 is 1.47 bits per heavy atom. The first-order valence-electron chi connectivity index (χ1n) is 5.30. The second-order valence-electron chi connectivity index (χ2n) is 3.77. The van der Waals surface area contributed by atoms with Crippen molar-refractivity contribution in [3.05, 3.63) is 24.3 Å². The van der Waals surface area contributed by atoms with E-state index in [1.807, 2.05) is 25.1 Å². The Morgan fingerprint density at radius 2 is 2.13 bits per heavy atom. The first kappa shape index (κ1) is 11.6. The Hall–Kier alpha value is -1.51. The maximum Gasteiger partial charge on any atom is 0.227 e. The molecular weight excluding hydrogens is 188 g/mol. The van der Waals surface area contributed by atoms with E-state index in [0.29, 0.717) is 11.4 Å². The fraction of sp³-hybridized carbons (Fsp3) is 0.417. The van der Waals surface area contributed by atoms with Crippen LogP contribution in [0.2, 0.25) is 0 Å². The number of carbonyl (C=O) groups is 1. The lowest BCUT2D eigenvalue weighted by Gasteiger charge is -2.12. The summed E-state index contributed by atoms with van der Waals surface area (Å²) >= 11 is 0. The number of carbonyl (C=O) groups excluding carboxylic acids is 1. The SMILES string of the molecule is CCC[C@H](C)C(=O)Nc1ccccc1N. The number of nitrogens with two attached hydrogens (primary N) is 1. The van der Waals surface area contributed by atoms with Gasteiger partial charge in [0.2, 0.25) is 5.91 Å². The average Bonchev–Trinajstić information content (AvgIpc) is 2.21. The van der Waals surface area contributed by atoms with Gasteiger partial charge < -0.3 is 11.1 Å². The number of hydrogen-bond donors (Lipinski definition) is 2. The van der Waals surface area contributed by atoms with Gasteiger partial charge in [0.15, 0.2) is 0 Å². The van der Waals surface area contributed by atoms with E-state index in [0.717, 1.165) is 12.8 Å². The summed E-state index contributed by atoms with van der Waals surface area (Å²) in [7, 11) is 0. The molecule has 1 atom stereocenters. The van der Waals surface area contributed by atoms with Gasteiger partial charge in [-0.25, -0.2) is 0 Å². The van der Waals surface area contributed by atoms with Gasteiger partial charge in [-0.05, 0) is 18.6 Å². The highest BCUT2D eigenvalue weighted by atomic mass is 16.1. The third-order valence-corrected chi connectivity index (χ3v) is 2.39. The number of nitrogen functional groups attached to an aromatic ring is 1. The second kappa shape index (κ2) is 5.39. The number of rotatable bonds is 4. The molecule has 0 radical (unpaired) electrons. The predicted octanol–water partition coefficient (Wildman–Crippen LogP) is 2.64. The van der Waals surface area contributed by atoms with E-state index in [1.54, 1.807) is 6.07 Å². The molecule has 15 heavy (non-hydrogen) atoms. The van der Waals surface area contributed by atoms with Crippen LogP contribution in [-0.4, -0.2) is 5.91 Å². The smallest absolute Gasteiger partial charge is 0.227 e. The molecule has 1 rings (SSSR count). The van der Waals surface area contributed by atoms with Crippen LogP contribution in [0.5, 0.6) is 0 Å². The van der Waals surface area contributed by atoms with E-state index in [2.05, 4.69) is 12.2 Å². The van der Waals surface area contributed by atoms with Crippen molar-refractivity contribution in [2.75, 3.05) is 11.1 Å². The summed E-state index contributed by atoms with van der Waals surface area (Å²) in [5, 5.41) is 2.83. The zero-order valence-electron chi connectivity index (χ0n) is 9.29. The Bertz CT molecular complexity index is 336. The summed E-state index contributed by atoms with van der Waals surface area (Å²) in [6, 6.07) is 7.29. The van der Waals surface area contributed by atoms with Crippen LogP contribution >= 0.6 is 0 Å². The van der Waals surface area contributed by atoms with Crippen molar-refractivity contribution in [3.8, 4) is 0 Å². The molecule has 0 fully saturated rings. The molecule has 0 aliphatic heterocycles. The largest absolute Gasteiger partial charge is 0.397 e. The van der Waals surface area contributed by atoms with Crippen LogP contribution in [0, 0.1) is 5.92 Å². The zero-order chi connectivity index (χ0) is 11.3. The highest BCUT2D eigenvalue weighted by Crippen LogP contribution is 2.18. The fourth-order valence-electron chi connectivity index (χ4n) is 1.43. The van der Waals surface area contributed by atoms with E-state index < -0.39 is 0 Å². The monoisotopic (exact) mass is 206 g/mol. The van der Waals surface area contributed by atoms with Crippen molar-refractivity contribution in [2.24, 2.45) is 5.92 Å². The number of benzene rings is 1. The zero-order valence-corrected chi connectivity index (χ0v) is 9.29. The van der Waals surface area contributed by atoms with Crippen LogP contribution in [0.1, 0.15) is 26.7 Å². The van der Waals surface area contributed by atoms with Crippen LogP contribution in [0.25, 0.3) is 0 Å². The summed E-state index contributed by atoms with van der Waals surface area (Å²) in [5.41, 5.74) is 7.03. The minimum atomic E-state index is 0.0367. The first-order chi connectivity index (χ1) is 7.15. The number of nitrogens with one attached hydrogen (secondary N) is 1. The van der Waals surface area contributed by atoms with Gasteiger partial charge in [0.1, 0.15) is 0 Å². The van der Waals surface area contributed by atoms with Crippen molar-refractivity contribution >= 4 is 17.3 Å². The quantitative estimate of drug-likeness (QED) is 0.744. The molecular formula is C12H18N2O. The molecule has 0 spiro atoms. The van der Waals surface area contributed by atoms with Gasteiger partial charge in [0.25, 0.3) is 0 Å². The molecule has 0 saturated carbocycles. The predicted molar refractivity (Wildman–Crippen MR) is 63.6 cm³/mol. The molecule has 0 heterocycles. The van der Waals surface area contributed by atoms with Crippen molar-refractivity contribution < 1.29 is 4.79 Å². The van der Waals surface area contributed by atoms with Crippen molar-refractivity contribution in [1.29, 1.82) is 0 Å². The summed E-state index contributed by atoms with van der Waals surface area (Å²) < 4.78 is 0. The van der Waals surface area contributed by atoms with E-state index in [1.165, 1.54) is 0 Å². The van der Waals surface area contributed by atoms with Crippen LogP contribution in [0.3, 0.4) is 0 Å². The van der Waals surface area contributed by atoms with Gasteiger partial charge in [0.05, 0.1) is 11.4 Å². The van der Waals surface area contributed by atoms with Gasteiger partial charge in [-0.15, -0.1) is 0 Å². The summed E-state index contributed by atoms with van der Waals surface area (Å²) in [4.78, 5) is 11.7. The Kier molecular flexibility index (Phi) is 4.16. The molecule has 1 aromatic carbocycles. The highest BCUT2D eigenvalue weighted by molar-refractivity contribution is 5.95.